The first kappa shape index (κ1) is 29.4. The van der Waals surface area contributed by atoms with Crippen molar-refractivity contribution in [1.82, 2.24) is 29.5 Å². The highest BCUT2D eigenvalue weighted by Crippen LogP contribution is 2.33. The fraction of sp³-hybridized carbons (Fsp3) is 0.310. The molecule has 1 saturated heterocycles. The van der Waals surface area contributed by atoms with Gasteiger partial charge in [-0.3, -0.25) is 14.3 Å². The Morgan fingerprint density at radius 3 is 2.50 bits per heavy atom. The molecule has 42 heavy (non-hydrogen) atoms. The van der Waals surface area contributed by atoms with Gasteiger partial charge in [0.25, 0.3) is 11.8 Å². The minimum Gasteiger partial charge on any atom is -0.383 e. The highest BCUT2D eigenvalue weighted by atomic mass is 35.5. The van der Waals surface area contributed by atoms with Crippen molar-refractivity contribution in [2.24, 2.45) is 7.05 Å². The zero-order chi connectivity index (χ0) is 30.0. The van der Waals surface area contributed by atoms with Gasteiger partial charge in [0.1, 0.15) is 0 Å². The van der Waals surface area contributed by atoms with Crippen LogP contribution in [-0.4, -0.2) is 75.9 Å². The molecule has 5 rings (SSSR count). The number of hydrogen-bond donors (Lipinski definition) is 2. The van der Waals surface area contributed by atoms with Gasteiger partial charge in [-0.05, 0) is 31.2 Å². The van der Waals surface area contributed by atoms with E-state index in [-0.39, 0.29) is 33.6 Å². The molecular weight excluding hydrogens is 568 g/mol. The molecule has 0 radical (unpaired) electrons. The smallest absolute Gasteiger partial charge is 0.291 e. The summed E-state index contributed by atoms with van der Waals surface area (Å²) in [5.74, 6) is -2.88. The molecule has 1 fully saturated rings. The number of methoxy groups -OCH3 is 1. The van der Waals surface area contributed by atoms with E-state index in [0.29, 0.717) is 61.8 Å². The molecule has 4 aromatic rings. The first-order valence-corrected chi connectivity index (χ1v) is 13.7. The maximum Gasteiger partial charge on any atom is 0.291 e. The first-order valence-electron chi connectivity index (χ1n) is 13.3. The summed E-state index contributed by atoms with van der Waals surface area (Å²) in [6.07, 6.45) is 2.80. The van der Waals surface area contributed by atoms with Crippen LogP contribution in [0, 0.1) is 18.6 Å². The van der Waals surface area contributed by atoms with Crippen molar-refractivity contribution in [3.8, 4) is 22.4 Å². The average molecular weight is 598 g/mol. The number of hydrogen-bond acceptors (Lipinski definition) is 6. The lowest BCUT2D eigenvalue weighted by Gasteiger charge is -2.27. The van der Waals surface area contributed by atoms with Crippen molar-refractivity contribution in [2.75, 3.05) is 45.2 Å². The fourth-order valence-corrected chi connectivity index (χ4v) is 5.19. The van der Waals surface area contributed by atoms with Crippen molar-refractivity contribution >= 4 is 29.1 Å². The van der Waals surface area contributed by atoms with E-state index in [9.17, 15) is 9.59 Å². The van der Waals surface area contributed by atoms with Gasteiger partial charge in [0.05, 0.1) is 41.8 Å². The maximum absolute atomic E-state index is 15.4. The van der Waals surface area contributed by atoms with Crippen LogP contribution < -0.4 is 10.6 Å². The molecule has 0 atom stereocenters. The number of halogens is 3. The summed E-state index contributed by atoms with van der Waals surface area (Å²) in [6.45, 7) is 5.29. The van der Waals surface area contributed by atoms with Gasteiger partial charge >= 0.3 is 0 Å². The number of anilines is 1. The Morgan fingerprint density at radius 1 is 1.07 bits per heavy atom. The van der Waals surface area contributed by atoms with E-state index in [4.69, 9.17) is 16.3 Å². The van der Waals surface area contributed by atoms with Gasteiger partial charge in [-0.2, -0.15) is 5.10 Å². The standard InChI is InChI=1S/C29H30ClF2N7O3/c1-17-22(15-35-39(17)12-13-42-3)19-6-7-21(26(32)25(19)31)24-16-34-27(37(24)2)28(40)36-18-4-5-20(23(30)14-18)29(41)38-10-8-33-9-11-38/h4-7,14-16,33H,8-13H2,1-3H3,(H,36,40). The molecule has 10 nitrogen and oxygen atoms in total. The van der Waals surface area contributed by atoms with Crippen LogP contribution in [0.2, 0.25) is 5.02 Å². The Balaban J connectivity index is 1.34. The summed E-state index contributed by atoms with van der Waals surface area (Å²) >= 11 is 6.39. The summed E-state index contributed by atoms with van der Waals surface area (Å²) in [4.78, 5) is 31.7. The summed E-state index contributed by atoms with van der Waals surface area (Å²) in [7, 11) is 3.11. The third-order valence-corrected chi connectivity index (χ3v) is 7.62. The number of carbonyl (C=O) groups is 2. The van der Waals surface area contributed by atoms with E-state index < -0.39 is 17.5 Å². The van der Waals surface area contributed by atoms with Gasteiger partial charge < -0.3 is 24.8 Å². The normalized spacial score (nSPS) is 13.4. The minimum absolute atomic E-state index is 0.0266. The van der Waals surface area contributed by atoms with Crippen molar-refractivity contribution in [2.45, 2.75) is 13.5 Å². The number of rotatable bonds is 8. The molecular formula is C29H30ClF2N7O3. The van der Waals surface area contributed by atoms with E-state index in [2.05, 4.69) is 20.7 Å². The number of imidazole rings is 1. The zero-order valence-corrected chi connectivity index (χ0v) is 24.1. The van der Waals surface area contributed by atoms with Crippen LogP contribution in [-0.2, 0) is 18.3 Å². The quantitative estimate of drug-likeness (QED) is 0.316. The molecule has 1 aliphatic heterocycles. The molecule has 0 aliphatic carbocycles. The molecule has 220 valence electrons. The number of piperazine rings is 1. The summed E-state index contributed by atoms with van der Waals surface area (Å²) in [6, 6.07) is 7.57. The summed E-state index contributed by atoms with van der Waals surface area (Å²) < 4.78 is 38.8. The van der Waals surface area contributed by atoms with E-state index >= 15 is 8.78 Å². The van der Waals surface area contributed by atoms with Gasteiger partial charge in [0, 0.05) is 68.4 Å². The number of ether oxygens (including phenoxy) is 1. The molecule has 2 aromatic heterocycles. The molecule has 0 bridgehead atoms. The molecule has 3 heterocycles. The van der Waals surface area contributed by atoms with Gasteiger partial charge in [0.15, 0.2) is 17.5 Å². The maximum atomic E-state index is 15.4. The predicted molar refractivity (Wildman–Crippen MR) is 155 cm³/mol. The summed E-state index contributed by atoms with van der Waals surface area (Å²) in [5, 5.41) is 10.4. The van der Waals surface area contributed by atoms with E-state index in [1.165, 1.54) is 42.2 Å². The second-order valence-corrected chi connectivity index (χ2v) is 10.3. The number of amides is 2. The highest BCUT2D eigenvalue weighted by Gasteiger charge is 2.24. The molecule has 2 aromatic carbocycles. The van der Waals surface area contributed by atoms with Crippen molar-refractivity contribution < 1.29 is 23.1 Å². The lowest BCUT2D eigenvalue weighted by Crippen LogP contribution is -2.46. The third-order valence-electron chi connectivity index (χ3n) is 7.31. The van der Waals surface area contributed by atoms with Gasteiger partial charge in [-0.25, -0.2) is 13.8 Å². The van der Waals surface area contributed by atoms with E-state index in [0.717, 1.165) is 0 Å². The van der Waals surface area contributed by atoms with E-state index in [1.807, 2.05) is 0 Å². The van der Waals surface area contributed by atoms with Crippen LogP contribution in [0.4, 0.5) is 14.5 Å². The molecule has 13 heteroatoms. The summed E-state index contributed by atoms with van der Waals surface area (Å²) in [5.41, 5.74) is 2.09. The molecule has 0 saturated carbocycles. The first-order chi connectivity index (χ1) is 20.2. The Morgan fingerprint density at radius 2 is 1.79 bits per heavy atom. The third kappa shape index (κ3) is 5.65. The van der Waals surface area contributed by atoms with Crippen molar-refractivity contribution in [3.63, 3.8) is 0 Å². The largest absolute Gasteiger partial charge is 0.383 e. The molecule has 2 amide bonds. The Labute approximate surface area is 246 Å². The van der Waals surface area contributed by atoms with Gasteiger partial charge in [0.2, 0.25) is 0 Å². The highest BCUT2D eigenvalue weighted by molar-refractivity contribution is 6.34. The lowest BCUT2D eigenvalue weighted by molar-refractivity contribution is 0.0736. The molecule has 0 unspecified atom stereocenters. The van der Waals surface area contributed by atoms with Crippen LogP contribution in [0.3, 0.4) is 0 Å². The van der Waals surface area contributed by atoms with Crippen LogP contribution in [0.1, 0.15) is 26.7 Å². The number of aromatic nitrogens is 4. The Kier molecular flexibility index (Phi) is 8.66. The minimum atomic E-state index is -1.07. The average Bonchev–Trinajstić information content (AvgIpc) is 3.55. The topological polar surface area (TPSA) is 106 Å². The Hall–Kier alpha value is -4.13. The van der Waals surface area contributed by atoms with Crippen molar-refractivity contribution in [1.29, 1.82) is 0 Å². The monoisotopic (exact) mass is 597 g/mol. The Bertz CT molecular complexity index is 1650. The lowest BCUT2D eigenvalue weighted by atomic mass is 10.0. The second kappa shape index (κ2) is 12.4. The second-order valence-electron chi connectivity index (χ2n) is 9.87. The molecule has 1 aliphatic rings. The van der Waals surface area contributed by atoms with Crippen molar-refractivity contribution in [3.05, 3.63) is 76.5 Å². The number of nitrogens with one attached hydrogen (secondary N) is 2. The van der Waals surface area contributed by atoms with Gasteiger partial charge in [-0.1, -0.05) is 17.7 Å². The number of carbonyl (C=O) groups excluding carboxylic acids is 2. The van der Waals surface area contributed by atoms with Gasteiger partial charge in [-0.15, -0.1) is 0 Å². The number of nitrogens with zero attached hydrogens (tertiary/aromatic N) is 5. The molecule has 2 N–H and O–H groups in total. The number of benzene rings is 2. The van der Waals surface area contributed by atoms with Crippen LogP contribution >= 0.6 is 11.6 Å². The predicted octanol–water partition coefficient (Wildman–Crippen LogP) is 4.13. The fourth-order valence-electron chi connectivity index (χ4n) is 4.93. The van der Waals surface area contributed by atoms with Crippen LogP contribution in [0.25, 0.3) is 22.4 Å². The SMILES string of the molecule is COCCn1ncc(-c2ccc(-c3cnc(C(=O)Nc4ccc(C(=O)N5CCNCC5)c(Cl)c4)n3C)c(F)c2F)c1C. The van der Waals surface area contributed by atoms with E-state index in [1.54, 1.807) is 35.7 Å². The van der Waals surface area contributed by atoms with Crippen LogP contribution in [0.5, 0.6) is 0 Å². The zero-order valence-electron chi connectivity index (χ0n) is 23.4. The van der Waals surface area contributed by atoms with Crippen LogP contribution in [0.15, 0.2) is 42.7 Å². The molecule has 0 spiro atoms.